The number of pyridine rings is 2. The summed E-state index contributed by atoms with van der Waals surface area (Å²) >= 11 is 0. The van der Waals surface area contributed by atoms with E-state index in [1.54, 1.807) is 18.2 Å². The Hall–Kier alpha value is -2.47. The van der Waals surface area contributed by atoms with Gasteiger partial charge in [0.1, 0.15) is 11.5 Å². The summed E-state index contributed by atoms with van der Waals surface area (Å²) in [4.78, 5) is 23.2. The van der Waals surface area contributed by atoms with Crippen molar-refractivity contribution in [2.75, 3.05) is 18.0 Å². The number of rotatable bonds is 3. The number of ketones is 1. The van der Waals surface area contributed by atoms with Crippen molar-refractivity contribution in [2.45, 2.75) is 25.9 Å². The first-order valence-corrected chi connectivity index (χ1v) is 7.74. The Kier molecular flexibility index (Phi) is 4.25. The van der Waals surface area contributed by atoms with Gasteiger partial charge in [-0.2, -0.15) is 0 Å². The van der Waals surface area contributed by atoms with Crippen molar-refractivity contribution in [1.29, 1.82) is 0 Å². The molecule has 2 aromatic heterocycles. The van der Waals surface area contributed by atoms with E-state index in [1.807, 2.05) is 12.1 Å². The Bertz CT molecular complexity index is 718. The number of carbonyl (C=O) groups is 1. The zero-order chi connectivity index (χ0) is 16.4. The monoisotopic (exact) mass is 310 g/mol. The maximum atomic E-state index is 12.6. The lowest BCUT2D eigenvalue weighted by molar-refractivity contribution is 0.103. The molecule has 0 aliphatic carbocycles. The van der Waals surface area contributed by atoms with Crippen molar-refractivity contribution in [3.8, 4) is 0 Å². The zero-order valence-corrected chi connectivity index (χ0v) is 13.3. The van der Waals surface area contributed by atoms with Crippen molar-refractivity contribution in [2.24, 2.45) is 0 Å². The Morgan fingerprint density at radius 1 is 1.30 bits per heavy atom. The fourth-order valence-electron chi connectivity index (χ4n) is 2.78. The van der Waals surface area contributed by atoms with Crippen LogP contribution in [0.3, 0.4) is 0 Å². The van der Waals surface area contributed by atoms with E-state index in [9.17, 15) is 4.79 Å². The lowest BCUT2D eigenvalue weighted by Crippen LogP contribution is -2.54. The van der Waals surface area contributed by atoms with Crippen LogP contribution in [0.15, 0.2) is 36.5 Å². The highest BCUT2D eigenvalue weighted by Gasteiger charge is 2.24. The van der Waals surface area contributed by atoms with Crippen LogP contribution in [0.25, 0.3) is 0 Å². The molecule has 1 aliphatic rings. The summed E-state index contributed by atoms with van der Waals surface area (Å²) in [6, 6.07) is 9.43. The van der Waals surface area contributed by atoms with E-state index in [1.165, 1.54) is 6.20 Å². The molecule has 1 saturated heterocycles. The molecule has 3 heterocycles. The molecule has 2 N–H and O–H groups in total. The SMILES string of the molecule is C[C@H]1CN(c2cccc(C(=O)c3cccnc3[NH])n2)[C@@H](C)CN1. The van der Waals surface area contributed by atoms with Crippen LogP contribution in [0.4, 0.5) is 11.6 Å². The maximum absolute atomic E-state index is 12.6. The maximum Gasteiger partial charge on any atom is 0.215 e. The fraction of sp³-hybridized carbons (Fsp3) is 0.353. The summed E-state index contributed by atoms with van der Waals surface area (Å²) in [6.45, 7) is 6.01. The number of hydrogen-bond donors (Lipinski definition) is 1. The first kappa shape index (κ1) is 15.4. The van der Waals surface area contributed by atoms with Gasteiger partial charge in [0.2, 0.25) is 5.78 Å². The van der Waals surface area contributed by atoms with Crippen molar-refractivity contribution < 1.29 is 4.79 Å². The van der Waals surface area contributed by atoms with Gasteiger partial charge in [-0.25, -0.2) is 9.97 Å². The number of piperazine rings is 1. The molecule has 1 aliphatic heterocycles. The zero-order valence-electron chi connectivity index (χ0n) is 13.3. The Morgan fingerprint density at radius 2 is 2.13 bits per heavy atom. The molecule has 0 bridgehead atoms. The first-order valence-electron chi connectivity index (χ1n) is 7.74. The van der Waals surface area contributed by atoms with Gasteiger partial charge >= 0.3 is 0 Å². The average Bonchev–Trinajstić information content (AvgIpc) is 2.57. The van der Waals surface area contributed by atoms with Gasteiger partial charge in [-0.15, -0.1) is 0 Å². The molecule has 1 fully saturated rings. The number of nitrogens with one attached hydrogen (secondary N) is 2. The normalized spacial score (nSPS) is 21.2. The van der Waals surface area contributed by atoms with Crippen LogP contribution in [0.1, 0.15) is 29.9 Å². The molecule has 119 valence electrons. The van der Waals surface area contributed by atoms with Crippen molar-refractivity contribution in [1.82, 2.24) is 21.0 Å². The Morgan fingerprint density at radius 3 is 2.91 bits per heavy atom. The van der Waals surface area contributed by atoms with E-state index >= 15 is 0 Å². The third kappa shape index (κ3) is 3.17. The van der Waals surface area contributed by atoms with E-state index in [2.05, 4.69) is 34.0 Å². The second-order valence-electron chi connectivity index (χ2n) is 5.92. The Balaban J connectivity index is 1.91. The van der Waals surface area contributed by atoms with E-state index < -0.39 is 0 Å². The van der Waals surface area contributed by atoms with Crippen LogP contribution in [0.5, 0.6) is 0 Å². The third-order valence-electron chi connectivity index (χ3n) is 4.08. The quantitative estimate of drug-likeness (QED) is 0.874. The van der Waals surface area contributed by atoms with Crippen molar-refractivity contribution in [3.05, 3.63) is 47.8 Å². The smallest absolute Gasteiger partial charge is 0.215 e. The van der Waals surface area contributed by atoms with Gasteiger partial charge in [0, 0.05) is 31.4 Å². The van der Waals surface area contributed by atoms with E-state index in [0.29, 0.717) is 17.8 Å². The summed E-state index contributed by atoms with van der Waals surface area (Å²) in [6.07, 6.45) is 1.51. The second-order valence-corrected chi connectivity index (χ2v) is 5.92. The number of hydrogen-bond acceptors (Lipinski definition) is 5. The number of nitrogens with zero attached hydrogens (tertiary/aromatic N) is 3. The van der Waals surface area contributed by atoms with Gasteiger partial charge in [0.15, 0.2) is 5.82 Å². The van der Waals surface area contributed by atoms with Crippen LogP contribution >= 0.6 is 0 Å². The molecular formula is C17H20N5O. The summed E-state index contributed by atoms with van der Waals surface area (Å²) in [5.74, 6) is 0.516. The molecule has 0 amide bonds. The molecule has 1 radical (unpaired) electrons. The molecule has 6 nitrogen and oxygen atoms in total. The van der Waals surface area contributed by atoms with Gasteiger partial charge in [-0.3, -0.25) is 10.5 Å². The molecule has 0 unspecified atom stereocenters. The lowest BCUT2D eigenvalue weighted by atomic mass is 10.1. The van der Waals surface area contributed by atoms with Crippen LogP contribution < -0.4 is 16.0 Å². The molecule has 6 heteroatoms. The molecule has 2 aromatic rings. The van der Waals surface area contributed by atoms with Gasteiger partial charge in [-0.05, 0) is 38.1 Å². The van der Waals surface area contributed by atoms with Crippen molar-refractivity contribution >= 4 is 17.4 Å². The number of anilines is 1. The lowest BCUT2D eigenvalue weighted by Gasteiger charge is -2.38. The number of aromatic nitrogens is 2. The molecule has 2 atom stereocenters. The van der Waals surface area contributed by atoms with Crippen molar-refractivity contribution in [3.63, 3.8) is 0 Å². The van der Waals surface area contributed by atoms with Crippen LogP contribution in [-0.2, 0) is 0 Å². The van der Waals surface area contributed by atoms with E-state index in [4.69, 9.17) is 5.73 Å². The molecular weight excluding hydrogens is 290 g/mol. The summed E-state index contributed by atoms with van der Waals surface area (Å²) < 4.78 is 0. The predicted molar refractivity (Wildman–Crippen MR) is 88.9 cm³/mol. The molecule has 0 spiro atoms. The van der Waals surface area contributed by atoms with E-state index in [0.717, 1.165) is 18.9 Å². The van der Waals surface area contributed by atoms with Crippen LogP contribution in [0, 0.1) is 0 Å². The van der Waals surface area contributed by atoms with Gasteiger partial charge in [-0.1, -0.05) is 6.07 Å². The molecule has 0 saturated carbocycles. The summed E-state index contributed by atoms with van der Waals surface area (Å²) in [7, 11) is 0. The highest BCUT2D eigenvalue weighted by molar-refractivity contribution is 6.10. The average molecular weight is 310 g/mol. The van der Waals surface area contributed by atoms with Gasteiger partial charge in [0.25, 0.3) is 0 Å². The Labute approximate surface area is 135 Å². The second kappa shape index (κ2) is 6.34. The van der Waals surface area contributed by atoms with E-state index in [-0.39, 0.29) is 17.2 Å². The highest BCUT2D eigenvalue weighted by Crippen LogP contribution is 2.20. The highest BCUT2D eigenvalue weighted by atomic mass is 16.1. The minimum atomic E-state index is -0.263. The van der Waals surface area contributed by atoms with Crippen LogP contribution in [-0.4, -0.2) is 40.9 Å². The predicted octanol–water partition coefficient (Wildman–Crippen LogP) is 1.81. The largest absolute Gasteiger partial charge is 0.351 e. The minimum Gasteiger partial charge on any atom is -0.351 e. The molecule has 3 rings (SSSR count). The third-order valence-corrected chi connectivity index (χ3v) is 4.08. The van der Waals surface area contributed by atoms with Gasteiger partial charge in [0.05, 0.1) is 5.56 Å². The molecule has 23 heavy (non-hydrogen) atoms. The first-order chi connectivity index (χ1) is 11.1. The number of carbonyl (C=O) groups excluding carboxylic acids is 1. The summed E-state index contributed by atoms with van der Waals surface area (Å²) in [5, 5.41) is 3.43. The standard InChI is InChI=1S/C17H20N5O/c1-11-10-22(12(2)9-20-11)15-7-3-6-14(21-15)16(23)13-5-4-8-19-17(13)18/h3-8,11-12,18,20H,9-10H2,1-2H3/t11-,12-/m0/s1. The summed E-state index contributed by atoms with van der Waals surface area (Å²) in [5.41, 5.74) is 8.41. The van der Waals surface area contributed by atoms with Gasteiger partial charge < -0.3 is 10.2 Å². The molecule has 0 aromatic carbocycles. The fourth-order valence-corrected chi connectivity index (χ4v) is 2.78. The topological polar surface area (TPSA) is 81.9 Å². The van der Waals surface area contributed by atoms with Crippen LogP contribution in [0.2, 0.25) is 0 Å². The minimum absolute atomic E-state index is 0.0196.